The first-order valence-corrected chi connectivity index (χ1v) is 5.89. The lowest BCUT2D eigenvalue weighted by molar-refractivity contribution is 0.467. The Hall–Kier alpha value is -2.80. The Kier molecular flexibility index (Phi) is 2.66. The molecule has 0 saturated heterocycles. The molecule has 3 aromatic rings. The maximum absolute atomic E-state index is 9.11. The summed E-state index contributed by atoms with van der Waals surface area (Å²) in [6, 6.07) is 15.3. The van der Waals surface area contributed by atoms with Gasteiger partial charge in [-0.25, -0.2) is 0 Å². The number of fused-ring (bicyclic) bond motifs is 1. The Bertz CT molecular complexity index is 783. The molecule has 4 heteroatoms. The van der Waals surface area contributed by atoms with E-state index in [0.717, 1.165) is 16.5 Å². The molecule has 2 aromatic carbocycles. The van der Waals surface area contributed by atoms with Gasteiger partial charge in [0, 0.05) is 22.5 Å². The zero-order valence-corrected chi connectivity index (χ0v) is 10.3. The number of rotatable bonds is 2. The quantitative estimate of drug-likeness (QED) is 0.755. The number of benzene rings is 2. The van der Waals surface area contributed by atoms with Gasteiger partial charge >= 0.3 is 0 Å². The number of nitrogens with one attached hydrogen (secondary N) is 1. The third-order valence-electron chi connectivity index (χ3n) is 2.90. The molecule has 0 aliphatic carbocycles. The van der Waals surface area contributed by atoms with Crippen LogP contribution in [-0.4, -0.2) is 10.2 Å². The van der Waals surface area contributed by atoms with Crippen LogP contribution in [0.5, 0.6) is 11.6 Å². The Morgan fingerprint density at radius 2 is 1.95 bits per heavy atom. The number of hydrogen-bond acceptors (Lipinski definition) is 3. The van der Waals surface area contributed by atoms with Gasteiger partial charge in [0.1, 0.15) is 5.75 Å². The molecule has 0 bridgehead atoms. The lowest BCUT2D eigenvalue weighted by Crippen LogP contribution is -1.88. The summed E-state index contributed by atoms with van der Waals surface area (Å²) in [7, 11) is 0. The zero-order chi connectivity index (χ0) is 13.2. The molecule has 92 valence electrons. The SMILES string of the molecule is Cc1cc(Oc2ccc(C#N)c3ccccc23)n[nH]1. The van der Waals surface area contributed by atoms with Gasteiger partial charge in [0.2, 0.25) is 5.88 Å². The average Bonchev–Trinajstić information content (AvgIpc) is 2.85. The monoisotopic (exact) mass is 249 g/mol. The molecule has 0 unspecified atom stereocenters. The van der Waals surface area contributed by atoms with E-state index in [1.807, 2.05) is 37.3 Å². The van der Waals surface area contributed by atoms with Crippen LogP contribution in [0.1, 0.15) is 11.3 Å². The first-order chi connectivity index (χ1) is 9.28. The van der Waals surface area contributed by atoms with Crippen LogP contribution >= 0.6 is 0 Å². The molecule has 3 rings (SSSR count). The van der Waals surface area contributed by atoms with E-state index in [-0.39, 0.29) is 0 Å². The van der Waals surface area contributed by atoms with Crippen LogP contribution in [0.25, 0.3) is 10.8 Å². The lowest BCUT2D eigenvalue weighted by atomic mass is 10.0. The van der Waals surface area contributed by atoms with Gasteiger partial charge in [0.25, 0.3) is 0 Å². The molecular weight excluding hydrogens is 238 g/mol. The molecule has 1 N–H and O–H groups in total. The second kappa shape index (κ2) is 4.46. The van der Waals surface area contributed by atoms with Gasteiger partial charge in [-0.3, -0.25) is 5.10 Å². The number of aromatic nitrogens is 2. The minimum absolute atomic E-state index is 0.521. The van der Waals surface area contributed by atoms with Crippen molar-refractivity contribution in [1.82, 2.24) is 10.2 Å². The largest absolute Gasteiger partial charge is 0.437 e. The van der Waals surface area contributed by atoms with Gasteiger partial charge in [-0.2, -0.15) is 5.26 Å². The highest BCUT2D eigenvalue weighted by Crippen LogP contribution is 2.31. The Morgan fingerprint density at radius 1 is 1.16 bits per heavy atom. The maximum atomic E-state index is 9.11. The number of nitriles is 1. The van der Waals surface area contributed by atoms with Gasteiger partial charge in [-0.15, -0.1) is 5.10 Å². The van der Waals surface area contributed by atoms with Crippen molar-refractivity contribution < 1.29 is 4.74 Å². The topological polar surface area (TPSA) is 61.7 Å². The van der Waals surface area contributed by atoms with E-state index < -0.39 is 0 Å². The average molecular weight is 249 g/mol. The van der Waals surface area contributed by atoms with Crippen molar-refractivity contribution in [3.05, 3.63) is 53.7 Å². The van der Waals surface area contributed by atoms with Crippen molar-refractivity contribution in [3.63, 3.8) is 0 Å². The lowest BCUT2D eigenvalue weighted by Gasteiger charge is -2.07. The van der Waals surface area contributed by atoms with Gasteiger partial charge in [-0.05, 0) is 19.1 Å². The normalized spacial score (nSPS) is 10.3. The van der Waals surface area contributed by atoms with E-state index in [1.54, 1.807) is 12.1 Å². The highest BCUT2D eigenvalue weighted by molar-refractivity contribution is 5.92. The fourth-order valence-electron chi connectivity index (χ4n) is 2.02. The predicted octanol–water partition coefficient (Wildman–Crippen LogP) is 3.54. The third-order valence-corrected chi connectivity index (χ3v) is 2.90. The standard InChI is InChI=1S/C15H11N3O/c1-10-8-15(18-17-10)19-14-7-6-11(9-16)12-4-2-3-5-13(12)14/h2-8H,1H3,(H,17,18). The number of ether oxygens (including phenoxy) is 1. The van der Waals surface area contributed by atoms with Gasteiger partial charge in [-0.1, -0.05) is 24.3 Å². The highest BCUT2D eigenvalue weighted by Gasteiger charge is 2.08. The van der Waals surface area contributed by atoms with Gasteiger partial charge in [0.15, 0.2) is 0 Å². The predicted molar refractivity (Wildman–Crippen MR) is 72.1 cm³/mol. The molecule has 1 aromatic heterocycles. The first-order valence-electron chi connectivity index (χ1n) is 5.89. The van der Waals surface area contributed by atoms with Gasteiger partial charge < -0.3 is 4.74 Å². The van der Waals surface area contributed by atoms with E-state index >= 15 is 0 Å². The molecule has 1 heterocycles. The van der Waals surface area contributed by atoms with E-state index in [1.165, 1.54) is 0 Å². The maximum Gasteiger partial charge on any atom is 0.238 e. The highest BCUT2D eigenvalue weighted by atomic mass is 16.5. The molecule has 0 amide bonds. The molecule has 4 nitrogen and oxygen atoms in total. The summed E-state index contributed by atoms with van der Waals surface area (Å²) in [5, 5.41) is 17.8. The van der Waals surface area contributed by atoms with Crippen molar-refractivity contribution >= 4 is 10.8 Å². The van der Waals surface area contributed by atoms with Crippen LogP contribution in [0.3, 0.4) is 0 Å². The number of nitrogens with zero attached hydrogens (tertiary/aromatic N) is 2. The summed E-state index contributed by atoms with van der Waals surface area (Å²) in [5.41, 5.74) is 1.58. The second-order valence-electron chi connectivity index (χ2n) is 4.26. The van der Waals surface area contributed by atoms with Crippen molar-refractivity contribution in [2.45, 2.75) is 6.92 Å². The van der Waals surface area contributed by atoms with E-state index in [2.05, 4.69) is 16.3 Å². The van der Waals surface area contributed by atoms with Crippen LogP contribution in [0.4, 0.5) is 0 Å². The Balaban J connectivity index is 2.12. The summed E-state index contributed by atoms with van der Waals surface area (Å²) < 4.78 is 5.76. The molecule has 0 aliphatic rings. The van der Waals surface area contributed by atoms with Crippen molar-refractivity contribution in [1.29, 1.82) is 5.26 Å². The molecule has 0 saturated carbocycles. The van der Waals surface area contributed by atoms with Crippen LogP contribution < -0.4 is 4.74 Å². The van der Waals surface area contributed by atoms with Gasteiger partial charge in [0.05, 0.1) is 11.6 Å². The smallest absolute Gasteiger partial charge is 0.238 e. The number of aromatic amines is 1. The zero-order valence-electron chi connectivity index (χ0n) is 10.3. The fourth-order valence-corrected chi connectivity index (χ4v) is 2.02. The molecule has 0 radical (unpaired) electrons. The second-order valence-corrected chi connectivity index (χ2v) is 4.26. The van der Waals surface area contributed by atoms with E-state index in [0.29, 0.717) is 17.2 Å². The molecule has 0 aliphatic heterocycles. The van der Waals surface area contributed by atoms with Crippen LogP contribution in [0, 0.1) is 18.3 Å². The first kappa shape index (κ1) is 11.3. The number of aryl methyl sites for hydroxylation is 1. The summed E-state index contributed by atoms with van der Waals surface area (Å²) in [6.07, 6.45) is 0. The number of H-pyrrole nitrogens is 1. The summed E-state index contributed by atoms with van der Waals surface area (Å²) in [6.45, 7) is 1.91. The van der Waals surface area contributed by atoms with E-state index in [4.69, 9.17) is 10.00 Å². The van der Waals surface area contributed by atoms with Crippen molar-refractivity contribution in [3.8, 4) is 17.7 Å². The fraction of sp³-hybridized carbons (Fsp3) is 0.0667. The van der Waals surface area contributed by atoms with Crippen LogP contribution in [-0.2, 0) is 0 Å². The minimum atomic E-state index is 0.521. The molecule has 0 spiro atoms. The summed E-state index contributed by atoms with van der Waals surface area (Å²) >= 11 is 0. The molecule has 0 atom stereocenters. The van der Waals surface area contributed by atoms with Crippen LogP contribution in [0.2, 0.25) is 0 Å². The minimum Gasteiger partial charge on any atom is -0.437 e. The number of hydrogen-bond donors (Lipinski definition) is 1. The molecule has 19 heavy (non-hydrogen) atoms. The van der Waals surface area contributed by atoms with Crippen molar-refractivity contribution in [2.24, 2.45) is 0 Å². The Morgan fingerprint density at radius 3 is 2.63 bits per heavy atom. The van der Waals surface area contributed by atoms with E-state index in [9.17, 15) is 0 Å². The third kappa shape index (κ3) is 2.02. The molecule has 0 fully saturated rings. The summed E-state index contributed by atoms with van der Waals surface area (Å²) in [5.74, 6) is 1.22. The van der Waals surface area contributed by atoms with Crippen molar-refractivity contribution in [2.75, 3.05) is 0 Å². The van der Waals surface area contributed by atoms with Crippen LogP contribution in [0.15, 0.2) is 42.5 Å². The Labute approximate surface area is 110 Å². The summed E-state index contributed by atoms with van der Waals surface area (Å²) in [4.78, 5) is 0. The molecular formula is C15H11N3O.